The highest BCUT2D eigenvalue weighted by Crippen LogP contribution is 2.24. The lowest BCUT2D eigenvalue weighted by Crippen LogP contribution is -2.37. The second kappa shape index (κ2) is 6.52. The van der Waals surface area contributed by atoms with Crippen molar-refractivity contribution in [2.24, 2.45) is 5.92 Å². The van der Waals surface area contributed by atoms with Gasteiger partial charge in [0.25, 0.3) is 0 Å². The molecule has 1 atom stereocenters. The molecule has 0 bridgehead atoms. The van der Waals surface area contributed by atoms with Crippen LogP contribution in [0, 0.1) is 17.2 Å². The van der Waals surface area contributed by atoms with Crippen molar-refractivity contribution in [2.75, 3.05) is 18.9 Å². The molecular weight excluding hydrogens is 284 g/mol. The summed E-state index contributed by atoms with van der Waals surface area (Å²) in [6, 6.07) is 3.23. The molecule has 1 aromatic heterocycles. The Balaban J connectivity index is 2.91. The van der Waals surface area contributed by atoms with E-state index in [0.29, 0.717) is 11.4 Å². The van der Waals surface area contributed by atoms with Crippen molar-refractivity contribution in [2.45, 2.75) is 33.2 Å². The molecule has 0 aliphatic carbocycles. The van der Waals surface area contributed by atoms with Gasteiger partial charge in [-0.05, 0) is 26.8 Å². The first kappa shape index (κ1) is 17.6. The van der Waals surface area contributed by atoms with Crippen molar-refractivity contribution in [3.63, 3.8) is 0 Å². The number of carboxylic acid groups (broad SMARTS) is 1. The molecule has 0 saturated heterocycles. The quantitative estimate of drug-likeness (QED) is 0.891. The van der Waals surface area contributed by atoms with Gasteiger partial charge in [-0.25, -0.2) is 4.79 Å². The summed E-state index contributed by atoms with van der Waals surface area (Å²) < 4.78 is 1.80. The summed E-state index contributed by atoms with van der Waals surface area (Å²) in [5, 5.41) is 20.6. The second-order valence-corrected chi connectivity index (χ2v) is 6.32. The van der Waals surface area contributed by atoms with Crippen molar-refractivity contribution >= 4 is 17.8 Å². The van der Waals surface area contributed by atoms with Crippen molar-refractivity contribution in [1.82, 2.24) is 9.47 Å². The van der Waals surface area contributed by atoms with Crippen LogP contribution in [-0.4, -0.2) is 40.2 Å². The molecule has 0 aromatic carbocycles. The number of nitrogens with zero attached hydrogens (tertiary/aromatic N) is 3. The van der Waals surface area contributed by atoms with Gasteiger partial charge in [-0.3, -0.25) is 10.1 Å². The van der Waals surface area contributed by atoms with Crippen molar-refractivity contribution in [3.8, 4) is 6.07 Å². The topological polar surface area (TPSA) is 98.4 Å². The Kier molecular flexibility index (Phi) is 5.20. The van der Waals surface area contributed by atoms with Gasteiger partial charge in [0.1, 0.15) is 11.9 Å². The molecule has 1 aromatic rings. The van der Waals surface area contributed by atoms with Gasteiger partial charge in [0.2, 0.25) is 0 Å². The van der Waals surface area contributed by atoms with Gasteiger partial charge >= 0.3 is 12.0 Å². The molecule has 1 unspecified atom stereocenters. The van der Waals surface area contributed by atoms with Gasteiger partial charge in [-0.1, -0.05) is 6.92 Å². The van der Waals surface area contributed by atoms with Crippen molar-refractivity contribution < 1.29 is 14.7 Å². The summed E-state index contributed by atoms with van der Waals surface area (Å²) in [6.45, 7) is 7.51. The Morgan fingerprint density at radius 1 is 1.50 bits per heavy atom. The number of nitriles is 1. The normalized spacial score (nSPS) is 12.4. The van der Waals surface area contributed by atoms with Crippen LogP contribution in [-0.2, 0) is 10.3 Å². The van der Waals surface area contributed by atoms with Crippen LogP contribution in [0.25, 0.3) is 0 Å². The number of aliphatic carboxylic acids is 1. The minimum Gasteiger partial charge on any atom is -0.481 e. The number of hydrogen-bond donors (Lipinski definition) is 2. The standard InChI is InChI=1S/C15H22N4O3/c1-10(13(20)21)8-18(5)14(22)17-12-6-11(7-16)9-19(12)15(2,3)4/h6,9-10H,8H2,1-5H3,(H,17,22)(H,20,21). The van der Waals surface area contributed by atoms with Crippen LogP contribution in [0.3, 0.4) is 0 Å². The zero-order valence-electron chi connectivity index (χ0n) is 13.5. The molecule has 0 fully saturated rings. The first-order chi connectivity index (χ1) is 10.1. The van der Waals surface area contributed by atoms with E-state index in [0.717, 1.165) is 0 Å². The zero-order valence-corrected chi connectivity index (χ0v) is 13.5. The van der Waals surface area contributed by atoms with Crippen molar-refractivity contribution in [3.05, 3.63) is 17.8 Å². The summed E-state index contributed by atoms with van der Waals surface area (Å²) >= 11 is 0. The van der Waals surface area contributed by atoms with E-state index in [9.17, 15) is 9.59 Å². The third-order valence-corrected chi connectivity index (χ3v) is 3.22. The molecule has 2 amide bonds. The van der Waals surface area contributed by atoms with E-state index in [2.05, 4.69) is 5.32 Å². The highest BCUT2D eigenvalue weighted by molar-refractivity contribution is 5.89. The highest BCUT2D eigenvalue weighted by atomic mass is 16.4. The molecule has 7 heteroatoms. The molecule has 2 N–H and O–H groups in total. The predicted molar refractivity (Wildman–Crippen MR) is 82.6 cm³/mol. The molecule has 1 heterocycles. The van der Waals surface area contributed by atoms with E-state index in [-0.39, 0.29) is 12.1 Å². The number of anilines is 1. The first-order valence-electron chi connectivity index (χ1n) is 6.94. The Morgan fingerprint density at radius 2 is 2.09 bits per heavy atom. The van der Waals surface area contributed by atoms with Crippen LogP contribution in [0.1, 0.15) is 33.3 Å². The monoisotopic (exact) mass is 306 g/mol. The van der Waals surface area contributed by atoms with E-state index in [1.54, 1.807) is 16.8 Å². The smallest absolute Gasteiger partial charge is 0.322 e. The van der Waals surface area contributed by atoms with E-state index in [4.69, 9.17) is 10.4 Å². The number of carbonyl (C=O) groups is 2. The fraction of sp³-hybridized carbons (Fsp3) is 0.533. The van der Waals surface area contributed by atoms with Gasteiger partial charge in [-0.15, -0.1) is 0 Å². The van der Waals surface area contributed by atoms with E-state index >= 15 is 0 Å². The summed E-state index contributed by atoms with van der Waals surface area (Å²) in [6.07, 6.45) is 1.68. The fourth-order valence-electron chi connectivity index (χ4n) is 1.95. The fourth-order valence-corrected chi connectivity index (χ4v) is 1.95. The summed E-state index contributed by atoms with van der Waals surface area (Å²) in [7, 11) is 1.53. The van der Waals surface area contributed by atoms with E-state index in [1.165, 1.54) is 18.9 Å². The highest BCUT2D eigenvalue weighted by Gasteiger charge is 2.22. The number of amides is 2. The number of carbonyl (C=O) groups excluding carboxylic acids is 1. The van der Waals surface area contributed by atoms with Crippen LogP contribution in [0.2, 0.25) is 0 Å². The Labute approximate surface area is 130 Å². The van der Waals surface area contributed by atoms with E-state index in [1.807, 2.05) is 26.8 Å². The minimum atomic E-state index is -0.954. The summed E-state index contributed by atoms with van der Waals surface area (Å²) in [5.41, 5.74) is 0.150. The van der Waals surface area contributed by atoms with Gasteiger partial charge < -0.3 is 14.6 Å². The first-order valence-corrected chi connectivity index (χ1v) is 6.94. The minimum absolute atomic E-state index is 0.0997. The van der Waals surface area contributed by atoms with Gasteiger partial charge in [0, 0.05) is 25.3 Å². The molecule has 0 aliphatic heterocycles. The predicted octanol–water partition coefficient (Wildman–Crippen LogP) is 2.30. The maximum Gasteiger partial charge on any atom is 0.322 e. The summed E-state index contributed by atoms with van der Waals surface area (Å²) in [5.74, 6) is -1.10. The SMILES string of the molecule is CC(CN(C)C(=O)Nc1cc(C#N)cn1C(C)(C)C)C(=O)O. The molecule has 7 nitrogen and oxygen atoms in total. The lowest BCUT2D eigenvalue weighted by atomic mass is 10.1. The van der Waals surface area contributed by atoms with Crippen LogP contribution < -0.4 is 5.32 Å². The molecule has 1 rings (SSSR count). The van der Waals surface area contributed by atoms with Crippen LogP contribution in [0.4, 0.5) is 10.6 Å². The Bertz CT molecular complexity index is 607. The molecular formula is C15H22N4O3. The van der Waals surface area contributed by atoms with Crippen LogP contribution >= 0.6 is 0 Å². The average Bonchev–Trinajstić information content (AvgIpc) is 2.81. The molecule has 22 heavy (non-hydrogen) atoms. The van der Waals surface area contributed by atoms with Gasteiger partial charge in [-0.2, -0.15) is 5.26 Å². The second-order valence-electron chi connectivity index (χ2n) is 6.32. The van der Waals surface area contributed by atoms with Crippen molar-refractivity contribution in [1.29, 1.82) is 5.26 Å². The van der Waals surface area contributed by atoms with Gasteiger partial charge in [0.05, 0.1) is 11.5 Å². The maximum atomic E-state index is 12.2. The number of aromatic nitrogens is 1. The lowest BCUT2D eigenvalue weighted by molar-refractivity contribution is -0.141. The number of urea groups is 1. The Morgan fingerprint density at radius 3 is 2.55 bits per heavy atom. The molecule has 0 aliphatic rings. The van der Waals surface area contributed by atoms with Crippen LogP contribution in [0.15, 0.2) is 12.3 Å². The largest absolute Gasteiger partial charge is 0.481 e. The third kappa shape index (κ3) is 4.25. The maximum absolute atomic E-state index is 12.2. The number of hydrogen-bond acceptors (Lipinski definition) is 3. The molecule has 0 spiro atoms. The average molecular weight is 306 g/mol. The number of nitrogens with one attached hydrogen (secondary N) is 1. The van der Waals surface area contributed by atoms with E-state index < -0.39 is 17.9 Å². The van der Waals surface area contributed by atoms with Crippen LogP contribution in [0.5, 0.6) is 0 Å². The van der Waals surface area contributed by atoms with Gasteiger partial charge in [0.15, 0.2) is 0 Å². The number of carboxylic acids is 1. The zero-order chi connectivity index (χ0) is 17.1. The lowest BCUT2D eigenvalue weighted by Gasteiger charge is -2.26. The third-order valence-electron chi connectivity index (χ3n) is 3.22. The summed E-state index contributed by atoms with van der Waals surface area (Å²) in [4.78, 5) is 24.3. The molecule has 0 radical (unpaired) electrons. The molecule has 0 saturated carbocycles. The Hall–Kier alpha value is -2.49. The molecule has 120 valence electrons. The number of rotatable bonds is 4.